The minimum absolute atomic E-state index is 0.228. The Morgan fingerprint density at radius 2 is 2.17 bits per heavy atom. The third-order valence-corrected chi connectivity index (χ3v) is 4.24. The van der Waals surface area contributed by atoms with Gasteiger partial charge in [-0.1, -0.05) is 0 Å². The summed E-state index contributed by atoms with van der Waals surface area (Å²) in [4.78, 5) is 0. The van der Waals surface area contributed by atoms with Crippen molar-refractivity contribution in [3.8, 4) is 5.75 Å². The Bertz CT molecular complexity index is 421. The highest BCUT2D eigenvalue weighted by molar-refractivity contribution is 9.10. The molecule has 100 valence electrons. The Kier molecular flexibility index (Phi) is 4.32. The molecule has 1 aromatic rings. The van der Waals surface area contributed by atoms with Crippen LogP contribution in [-0.2, 0) is 0 Å². The zero-order valence-electron chi connectivity index (χ0n) is 9.26. The third kappa shape index (κ3) is 3.98. The minimum Gasteiger partial charge on any atom is -0.405 e. The van der Waals surface area contributed by atoms with Crippen LogP contribution in [-0.4, -0.2) is 23.9 Å². The molecule has 1 aliphatic rings. The lowest BCUT2D eigenvalue weighted by molar-refractivity contribution is -0.274. The molecule has 0 saturated carbocycles. The van der Waals surface area contributed by atoms with E-state index in [1.54, 1.807) is 12.1 Å². The average Bonchev–Trinajstić information content (AvgIpc) is 2.73. The Morgan fingerprint density at radius 1 is 1.39 bits per heavy atom. The van der Waals surface area contributed by atoms with Crippen molar-refractivity contribution >= 4 is 33.4 Å². The van der Waals surface area contributed by atoms with Crippen molar-refractivity contribution in [2.24, 2.45) is 0 Å². The summed E-state index contributed by atoms with van der Waals surface area (Å²) >= 11 is 4.95. The monoisotopic (exact) mass is 341 g/mol. The maximum Gasteiger partial charge on any atom is 0.573 e. The molecular formula is C11H11BrF3NOS. The number of hydrogen-bond donors (Lipinski definition) is 1. The van der Waals surface area contributed by atoms with Gasteiger partial charge >= 0.3 is 6.36 Å². The number of nitrogens with one attached hydrogen (secondary N) is 1. The average molecular weight is 342 g/mol. The second-order valence-electron chi connectivity index (χ2n) is 3.90. The molecule has 1 atom stereocenters. The number of anilines is 1. The first kappa shape index (κ1) is 13.9. The van der Waals surface area contributed by atoms with Crippen LogP contribution in [0, 0.1) is 0 Å². The minimum atomic E-state index is -4.67. The summed E-state index contributed by atoms with van der Waals surface area (Å²) in [5.41, 5.74) is 0.795. The molecule has 18 heavy (non-hydrogen) atoms. The van der Waals surface area contributed by atoms with E-state index >= 15 is 0 Å². The first-order valence-corrected chi connectivity index (χ1v) is 7.28. The van der Waals surface area contributed by atoms with Crippen LogP contribution in [0.5, 0.6) is 5.75 Å². The van der Waals surface area contributed by atoms with Gasteiger partial charge in [0.25, 0.3) is 0 Å². The molecule has 0 spiro atoms. The lowest BCUT2D eigenvalue weighted by Gasteiger charge is -2.15. The molecule has 0 aromatic heterocycles. The quantitative estimate of drug-likeness (QED) is 0.887. The van der Waals surface area contributed by atoms with Crippen molar-refractivity contribution < 1.29 is 17.9 Å². The Labute approximate surface area is 115 Å². The van der Waals surface area contributed by atoms with Crippen molar-refractivity contribution in [3.63, 3.8) is 0 Å². The van der Waals surface area contributed by atoms with Crippen molar-refractivity contribution in [3.05, 3.63) is 22.7 Å². The molecule has 1 saturated heterocycles. The molecule has 2 rings (SSSR count). The highest BCUT2D eigenvalue weighted by Crippen LogP contribution is 2.33. The summed E-state index contributed by atoms with van der Waals surface area (Å²) in [5, 5.41) is 3.28. The molecule has 7 heteroatoms. The van der Waals surface area contributed by atoms with Crippen LogP contribution in [0.15, 0.2) is 22.7 Å². The summed E-state index contributed by atoms with van der Waals surface area (Å²) < 4.78 is 40.4. The first-order chi connectivity index (χ1) is 8.44. The molecule has 1 fully saturated rings. The second-order valence-corrected chi connectivity index (χ2v) is 5.90. The number of thioether (sulfide) groups is 1. The molecule has 1 aliphatic heterocycles. The number of hydrogen-bond acceptors (Lipinski definition) is 3. The van der Waals surface area contributed by atoms with Gasteiger partial charge in [0.05, 0.1) is 4.47 Å². The van der Waals surface area contributed by atoms with E-state index in [1.807, 2.05) is 11.8 Å². The van der Waals surface area contributed by atoms with Crippen LogP contribution in [0.25, 0.3) is 0 Å². The van der Waals surface area contributed by atoms with Gasteiger partial charge in [-0.15, -0.1) is 13.2 Å². The maximum atomic E-state index is 12.1. The van der Waals surface area contributed by atoms with E-state index in [0.717, 1.165) is 23.6 Å². The standard InChI is InChI=1S/C11H11BrF3NOS/c12-9-5-7(16-8-3-4-18-6-8)1-2-10(9)17-11(13,14)15/h1-2,5,8,16H,3-4,6H2. The second kappa shape index (κ2) is 5.61. The van der Waals surface area contributed by atoms with E-state index in [-0.39, 0.29) is 10.2 Å². The summed E-state index contributed by atoms with van der Waals surface area (Å²) in [7, 11) is 0. The van der Waals surface area contributed by atoms with Crippen molar-refractivity contribution in [1.29, 1.82) is 0 Å². The fraction of sp³-hybridized carbons (Fsp3) is 0.455. The molecule has 0 amide bonds. The highest BCUT2D eigenvalue weighted by atomic mass is 79.9. The molecule has 0 aliphatic carbocycles. The van der Waals surface area contributed by atoms with Gasteiger partial charge in [0.15, 0.2) is 0 Å². The van der Waals surface area contributed by atoms with Gasteiger partial charge in [0.1, 0.15) is 5.75 Å². The van der Waals surface area contributed by atoms with Gasteiger partial charge in [0.2, 0.25) is 0 Å². The maximum absolute atomic E-state index is 12.1. The smallest absolute Gasteiger partial charge is 0.405 e. The Balaban J connectivity index is 2.04. The van der Waals surface area contributed by atoms with Crippen LogP contribution < -0.4 is 10.1 Å². The fourth-order valence-corrected chi connectivity index (χ4v) is 3.29. The van der Waals surface area contributed by atoms with Gasteiger partial charge in [-0.05, 0) is 46.3 Å². The lowest BCUT2D eigenvalue weighted by Crippen LogP contribution is -2.19. The number of benzene rings is 1. The number of halogens is 4. The zero-order valence-corrected chi connectivity index (χ0v) is 11.7. The number of rotatable bonds is 3. The molecule has 2 nitrogen and oxygen atoms in total. The third-order valence-electron chi connectivity index (χ3n) is 2.46. The van der Waals surface area contributed by atoms with E-state index < -0.39 is 6.36 Å². The van der Waals surface area contributed by atoms with E-state index in [9.17, 15) is 13.2 Å². The summed E-state index contributed by atoms with van der Waals surface area (Å²) in [6, 6.07) is 4.89. The molecular weight excluding hydrogens is 331 g/mol. The Hall–Kier alpha value is -0.560. The van der Waals surface area contributed by atoms with Gasteiger partial charge in [-0.25, -0.2) is 0 Å². The first-order valence-electron chi connectivity index (χ1n) is 5.33. The van der Waals surface area contributed by atoms with Crippen LogP contribution in [0.4, 0.5) is 18.9 Å². The molecule has 1 N–H and O–H groups in total. The molecule has 0 bridgehead atoms. The SMILES string of the molecule is FC(F)(F)Oc1ccc(NC2CCSC2)cc1Br. The number of alkyl halides is 3. The van der Waals surface area contributed by atoms with E-state index in [0.29, 0.717) is 6.04 Å². The topological polar surface area (TPSA) is 21.3 Å². The van der Waals surface area contributed by atoms with Gasteiger partial charge in [-0.3, -0.25) is 0 Å². The van der Waals surface area contributed by atoms with E-state index in [1.165, 1.54) is 6.07 Å². The predicted molar refractivity (Wildman–Crippen MR) is 70.2 cm³/mol. The molecule has 1 unspecified atom stereocenters. The Morgan fingerprint density at radius 3 is 2.72 bits per heavy atom. The van der Waals surface area contributed by atoms with Crippen molar-refractivity contribution in [1.82, 2.24) is 0 Å². The van der Waals surface area contributed by atoms with Gasteiger partial charge < -0.3 is 10.1 Å². The van der Waals surface area contributed by atoms with Gasteiger partial charge in [-0.2, -0.15) is 11.8 Å². The van der Waals surface area contributed by atoms with Crippen molar-refractivity contribution in [2.45, 2.75) is 18.8 Å². The predicted octanol–water partition coefficient (Wildman–Crippen LogP) is 4.27. The fourth-order valence-electron chi connectivity index (χ4n) is 1.68. The van der Waals surface area contributed by atoms with Crippen LogP contribution >= 0.6 is 27.7 Å². The summed E-state index contributed by atoms with van der Waals surface area (Å²) in [5.74, 6) is 1.92. The molecule has 0 radical (unpaired) electrons. The highest BCUT2D eigenvalue weighted by Gasteiger charge is 2.32. The summed E-state index contributed by atoms with van der Waals surface area (Å²) in [6.07, 6.45) is -3.59. The van der Waals surface area contributed by atoms with Crippen LogP contribution in [0.1, 0.15) is 6.42 Å². The van der Waals surface area contributed by atoms with Crippen LogP contribution in [0.3, 0.4) is 0 Å². The summed E-state index contributed by atoms with van der Waals surface area (Å²) in [6.45, 7) is 0. The normalized spacial score (nSPS) is 19.9. The lowest BCUT2D eigenvalue weighted by atomic mass is 10.2. The van der Waals surface area contributed by atoms with Crippen molar-refractivity contribution in [2.75, 3.05) is 16.8 Å². The van der Waals surface area contributed by atoms with E-state index in [2.05, 4.69) is 26.0 Å². The number of ether oxygens (including phenoxy) is 1. The largest absolute Gasteiger partial charge is 0.573 e. The van der Waals surface area contributed by atoms with Gasteiger partial charge in [0, 0.05) is 17.5 Å². The zero-order chi connectivity index (χ0) is 13.2. The van der Waals surface area contributed by atoms with Crippen LogP contribution in [0.2, 0.25) is 0 Å². The molecule has 1 heterocycles. The van der Waals surface area contributed by atoms with E-state index in [4.69, 9.17) is 0 Å². The molecule has 1 aromatic carbocycles.